The van der Waals surface area contributed by atoms with Crippen molar-refractivity contribution in [3.8, 4) is 40.2 Å². The molecule has 0 saturated heterocycles. The Balaban J connectivity index is -0.000000545. The predicted octanol–water partition coefficient (Wildman–Crippen LogP) is 20.5. The fourth-order valence-corrected chi connectivity index (χ4v) is 10.4. The molecule has 0 spiro atoms. The van der Waals surface area contributed by atoms with Gasteiger partial charge >= 0.3 is 5.97 Å². The normalized spacial score (nSPS) is 17.1. The Kier molecular flexibility index (Phi) is 54.8. The molecule has 1 N–H and O–H groups in total. The van der Waals surface area contributed by atoms with Gasteiger partial charge in [0.1, 0.15) is 18.1 Å². The molecule has 0 aromatic heterocycles. The van der Waals surface area contributed by atoms with Crippen LogP contribution in [0.4, 0.5) is 0 Å². The minimum absolute atomic E-state index is 0. The number of methoxy groups -OCH3 is 1. The maximum Gasteiger partial charge on any atom is 0.311 e. The molecule has 16 heteroatoms. The van der Waals surface area contributed by atoms with Crippen LogP contribution >= 0.6 is 0 Å². The molecule has 4 aliphatic rings. The maximum absolute atomic E-state index is 12.0. The molecule has 5 radical (unpaired) electrons. The quantitative estimate of drug-likeness (QED) is 0.0502. The number of aliphatic hydroxyl groups excluding tert-OH is 1. The van der Waals surface area contributed by atoms with Crippen molar-refractivity contribution in [3.05, 3.63) is 246 Å². The first-order valence-electron chi connectivity index (χ1n) is 32.3. The van der Waals surface area contributed by atoms with E-state index in [1.165, 1.54) is 67.2 Å². The molecule has 0 bridgehead atoms. The van der Waals surface area contributed by atoms with Gasteiger partial charge in [-0.1, -0.05) is 178 Å². The van der Waals surface area contributed by atoms with Crippen molar-refractivity contribution in [2.75, 3.05) is 20.5 Å². The van der Waals surface area contributed by atoms with E-state index < -0.39 is 6.10 Å². The van der Waals surface area contributed by atoms with Gasteiger partial charge in [0, 0.05) is 177 Å². The molecule has 11 rings (SSSR count). The molecule has 4 saturated carbocycles. The van der Waals surface area contributed by atoms with E-state index in [1.807, 2.05) is 146 Å². The Morgan fingerprint density at radius 1 is 0.438 bits per heavy atom. The van der Waals surface area contributed by atoms with Crippen molar-refractivity contribution in [1.82, 2.24) is 0 Å². The first-order valence-corrected chi connectivity index (χ1v) is 32.3. The second-order valence-corrected chi connectivity index (χ2v) is 24.2. The second kappa shape index (κ2) is 54.7. The van der Waals surface area contributed by atoms with Crippen LogP contribution in [-0.4, -0.2) is 43.8 Å². The third kappa shape index (κ3) is 36.3. The van der Waals surface area contributed by atoms with Gasteiger partial charge in [-0.15, -0.1) is 0 Å². The average Bonchev–Trinajstić information content (AvgIpc) is 1.49. The minimum Gasteiger partial charge on any atom is -0.665 e. The van der Waals surface area contributed by atoms with Crippen molar-refractivity contribution >= 4 is 5.97 Å². The molecular weight excluding hydrogens is 1580 g/mol. The summed E-state index contributed by atoms with van der Waals surface area (Å²) in [6, 6.07) is 60.6. The van der Waals surface area contributed by atoms with Gasteiger partial charge in [0.2, 0.25) is 0 Å². The summed E-state index contributed by atoms with van der Waals surface area (Å²) >= 11 is 0. The predicted molar refractivity (Wildman–Crippen MR) is 374 cm³/mol. The molecule has 7 aromatic rings. The van der Waals surface area contributed by atoms with Crippen LogP contribution in [0.5, 0.6) is 40.2 Å². The molecule has 7 atom stereocenters. The number of para-hydroxylation sites is 3. The number of hydrogen-bond donors (Lipinski definition) is 1. The molecule has 7 unspecified atom stereocenters. The van der Waals surface area contributed by atoms with Gasteiger partial charge < -0.3 is 47.7 Å². The van der Waals surface area contributed by atoms with Crippen molar-refractivity contribution in [2.24, 2.45) is 29.6 Å². The number of benzene rings is 7. The van der Waals surface area contributed by atoms with Gasteiger partial charge in [-0.05, 0) is 189 Å². The van der Waals surface area contributed by atoms with Gasteiger partial charge in [0.25, 0.3) is 0 Å². The first-order chi connectivity index (χ1) is 44.0. The molecule has 0 amide bonds. The molecule has 0 aliphatic heterocycles. The smallest absolute Gasteiger partial charge is 0.311 e. The number of carbonyl (C=O) groups excluding carboxylic acids is 1. The van der Waals surface area contributed by atoms with Crippen LogP contribution in [0.2, 0.25) is 0 Å². The molecule has 7 aromatic carbocycles. The molecule has 515 valence electrons. The monoisotopic (exact) mass is 1690 g/mol. The Morgan fingerprint density at radius 3 is 1.05 bits per heavy atom. The number of esters is 1. The van der Waals surface area contributed by atoms with E-state index in [4.69, 9.17) is 28.4 Å². The van der Waals surface area contributed by atoms with E-state index in [1.54, 1.807) is 7.11 Å². The summed E-state index contributed by atoms with van der Waals surface area (Å²) in [7, 11) is 18.3. The Hall–Kier alpha value is -1.95. The van der Waals surface area contributed by atoms with Gasteiger partial charge in [-0.25, -0.2) is 0 Å². The van der Waals surface area contributed by atoms with E-state index in [9.17, 15) is 9.90 Å². The van der Waals surface area contributed by atoms with Gasteiger partial charge in [-0.2, -0.15) is 35.5 Å². The fraction of sp³-hybridized carbons (Fsp3) is 0.400. The molecule has 11 nitrogen and oxygen atoms in total. The average molecular weight is 1690 g/mol. The third-order valence-electron chi connectivity index (χ3n) is 16.4. The van der Waals surface area contributed by atoms with Crippen molar-refractivity contribution in [3.63, 3.8) is 0 Å². The zero-order valence-corrected chi connectivity index (χ0v) is 73.3. The fourth-order valence-electron chi connectivity index (χ4n) is 10.4. The van der Waals surface area contributed by atoms with Crippen LogP contribution in [0.1, 0.15) is 158 Å². The summed E-state index contributed by atoms with van der Waals surface area (Å²) < 4.78 is 45.8. The van der Waals surface area contributed by atoms with E-state index in [0.717, 1.165) is 83.2 Å². The molecular formula is C80H109O11Y5-5. The second-order valence-electron chi connectivity index (χ2n) is 24.2. The van der Waals surface area contributed by atoms with Crippen LogP contribution in [0.25, 0.3) is 0 Å². The Bertz CT molecular complexity index is 2850. The Labute approximate surface area is 708 Å². The van der Waals surface area contributed by atoms with Crippen molar-refractivity contribution < 1.29 is 219 Å². The number of hydrogen-bond acceptors (Lipinski definition) is 11. The number of aliphatic hydroxyl groups is 1. The molecule has 0 heterocycles. The largest absolute Gasteiger partial charge is 0.665 e. The summed E-state index contributed by atoms with van der Waals surface area (Å²) in [6.45, 7) is 19.7. The van der Waals surface area contributed by atoms with Crippen LogP contribution in [-0.2, 0) is 189 Å². The van der Waals surface area contributed by atoms with E-state index >= 15 is 0 Å². The molecule has 4 aliphatic carbocycles. The van der Waals surface area contributed by atoms with E-state index in [0.29, 0.717) is 19.1 Å². The van der Waals surface area contributed by atoms with E-state index in [2.05, 4.69) is 154 Å². The van der Waals surface area contributed by atoms with Crippen LogP contribution < -0.4 is 33.2 Å². The van der Waals surface area contributed by atoms with Gasteiger partial charge in [-0.3, -0.25) is 4.79 Å². The Morgan fingerprint density at radius 2 is 0.750 bits per heavy atom. The molecule has 96 heavy (non-hydrogen) atoms. The standard InChI is InChI=1S/C20H25O3.C17H19O2.C16H24O3.3C7H7O.2C3H8.5Y.2H2/c1-5-17(21)14-23-19-12-8-16(9-13-19)20(2,3)15-6-10-18(22-4)11-7-15;1-17(2,13-5-9-15(18-3)10-6-13)14-7-11-16(19-4)12-8-14;17-16(12-2-1-10-5-13(10)7-12)19-9-18-15-4-3-11-6-14(11)8-15;3*1-8-7-5-3-2-4-6-7;2*1-3-2;;;;;;;/h6-13,17,21H,4-5,14H2,1-3H3;5-12H,3H2,1-2,4H3;10-15H,1-9H2;3*2-6H,1H2;2*3H2,1-2H3;;;;;;2*1H/q2*-1;;3*-1;;;;;;;;;. The van der Waals surface area contributed by atoms with Crippen LogP contribution in [0.3, 0.4) is 0 Å². The maximum atomic E-state index is 12.0. The first kappa shape index (κ1) is 96.1. The van der Waals surface area contributed by atoms with Crippen molar-refractivity contribution in [1.29, 1.82) is 0 Å². The summed E-state index contributed by atoms with van der Waals surface area (Å²) in [5.41, 5.74) is 4.69. The van der Waals surface area contributed by atoms with Crippen molar-refractivity contribution in [2.45, 2.75) is 156 Å². The topological polar surface area (TPSA) is 120 Å². The number of fused-ring (bicyclic) bond motifs is 2. The SMILES string of the molecule is CCC.CCC.O=C(OCOC1CCC2CC2C1)C1CCC2CC2C1.[CH2-]Oc1ccc(C(C)(C)c2ccc(OC)cc2)cc1.[CH2-]Oc1ccc(C(C)(C)c2ccc(OCC(O)CC)cc2)cc1.[CH2-]Oc1ccccc1.[CH2-]Oc1ccccc1.[CH2-]Oc1ccccc1.[HH].[HH].[Y].[Y].[Y].[Y].[Y]. The zero-order chi connectivity index (χ0) is 66.4. The number of ether oxygens (including phenoxy) is 9. The van der Waals surface area contributed by atoms with Gasteiger partial charge in [0.05, 0.1) is 54.0 Å². The zero-order valence-electron chi connectivity index (χ0n) is 59.1. The minimum atomic E-state index is -0.417. The van der Waals surface area contributed by atoms with Crippen LogP contribution in [0.15, 0.2) is 188 Å². The van der Waals surface area contributed by atoms with E-state index in [-0.39, 0.29) is 196 Å². The summed E-state index contributed by atoms with van der Waals surface area (Å²) in [5, 5.41) is 9.55. The third-order valence-corrected chi connectivity index (χ3v) is 16.4. The van der Waals surface area contributed by atoms with Gasteiger partial charge in [0.15, 0.2) is 6.79 Å². The summed E-state index contributed by atoms with van der Waals surface area (Å²) in [5.74, 6) is 9.40. The number of rotatable bonds is 18. The molecule has 4 fully saturated rings. The number of carbonyl (C=O) groups is 1. The van der Waals surface area contributed by atoms with Crippen LogP contribution in [0, 0.1) is 65.1 Å². The summed E-state index contributed by atoms with van der Waals surface area (Å²) in [6.07, 6.45) is 12.9. The summed E-state index contributed by atoms with van der Waals surface area (Å²) in [4.78, 5) is 12.0.